The molecule has 0 bridgehead atoms. The predicted molar refractivity (Wildman–Crippen MR) is 132 cm³/mol. The highest BCUT2D eigenvalue weighted by atomic mass is 16.5. The number of benzene rings is 1. The molecule has 33 heavy (non-hydrogen) atoms. The van der Waals surface area contributed by atoms with Crippen LogP contribution in [0.4, 0.5) is 0 Å². The topological polar surface area (TPSA) is 49.9 Å². The van der Waals surface area contributed by atoms with Crippen molar-refractivity contribution in [3.63, 3.8) is 0 Å². The summed E-state index contributed by atoms with van der Waals surface area (Å²) in [7, 11) is 3.50. The van der Waals surface area contributed by atoms with Gasteiger partial charge in [0.1, 0.15) is 11.5 Å². The molecule has 0 radical (unpaired) electrons. The molecule has 1 saturated carbocycles. The zero-order valence-electron chi connectivity index (χ0n) is 20.7. The summed E-state index contributed by atoms with van der Waals surface area (Å²) < 4.78 is 5.77. The normalized spacial score (nSPS) is 23.7. The van der Waals surface area contributed by atoms with Crippen LogP contribution >= 0.6 is 0 Å². The molecule has 1 saturated heterocycles. The van der Waals surface area contributed by atoms with Crippen molar-refractivity contribution in [3.05, 3.63) is 29.3 Å². The molecule has 0 aromatic heterocycles. The fourth-order valence-electron chi connectivity index (χ4n) is 6.08. The van der Waals surface area contributed by atoms with Crippen molar-refractivity contribution in [1.29, 1.82) is 0 Å². The summed E-state index contributed by atoms with van der Waals surface area (Å²) in [5.74, 6) is 3.49. The highest BCUT2D eigenvalue weighted by Crippen LogP contribution is 2.38. The fourth-order valence-corrected chi connectivity index (χ4v) is 6.08. The highest BCUT2D eigenvalue weighted by Gasteiger charge is 2.27. The van der Waals surface area contributed by atoms with Gasteiger partial charge in [-0.1, -0.05) is 25.0 Å². The first-order valence-electron chi connectivity index (χ1n) is 13.2. The summed E-state index contributed by atoms with van der Waals surface area (Å²) >= 11 is 0. The third-order valence-corrected chi connectivity index (χ3v) is 8.26. The molecule has 5 heteroatoms. The molecule has 1 amide bonds. The largest absolute Gasteiger partial charge is 0.493 e. The molecular weight excluding hydrogens is 412 g/mol. The molecule has 0 atom stereocenters. The van der Waals surface area contributed by atoms with E-state index in [-0.39, 0.29) is 11.7 Å². The average Bonchev–Trinajstić information content (AvgIpc) is 3.31. The Morgan fingerprint density at radius 2 is 1.73 bits per heavy atom. The summed E-state index contributed by atoms with van der Waals surface area (Å²) in [6, 6.07) is 6.62. The summed E-state index contributed by atoms with van der Waals surface area (Å²) in [6.45, 7) is 4.50. The Morgan fingerprint density at radius 3 is 2.45 bits per heavy atom. The summed E-state index contributed by atoms with van der Waals surface area (Å²) in [6.07, 6.45) is 11.2. The maximum atomic E-state index is 12.3. The number of ketones is 1. The minimum absolute atomic E-state index is 0.0535. The fraction of sp³-hybridized carbons (Fsp3) is 0.714. The van der Waals surface area contributed by atoms with Crippen LogP contribution in [0, 0.1) is 11.8 Å². The quantitative estimate of drug-likeness (QED) is 0.537. The molecule has 3 aliphatic rings. The van der Waals surface area contributed by atoms with Crippen LogP contribution in [-0.4, -0.2) is 61.8 Å². The van der Waals surface area contributed by atoms with Gasteiger partial charge in [-0.3, -0.25) is 9.59 Å². The first-order valence-corrected chi connectivity index (χ1v) is 13.2. The van der Waals surface area contributed by atoms with Crippen LogP contribution in [0.1, 0.15) is 81.3 Å². The van der Waals surface area contributed by atoms with Crippen LogP contribution in [0.25, 0.3) is 0 Å². The lowest BCUT2D eigenvalue weighted by Crippen LogP contribution is -2.35. The molecule has 182 valence electrons. The first-order chi connectivity index (χ1) is 16.0. The SMILES string of the molecule is CN(C)C(=O)CCC(=O)CC1CCC(CCN2CCC(c3cccc4c3CCO4)CC2)CC1. The number of likely N-dealkylation sites (tertiary alicyclic amines) is 1. The number of hydrogen-bond donors (Lipinski definition) is 0. The van der Waals surface area contributed by atoms with E-state index in [4.69, 9.17) is 4.74 Å². The molecule has 1 aromatic rings. The maximum Gasteiger partial charge on any atom is 0.222 e. The number of hydrogen-bond acceptors (Lipinski definition) is 4. The van der Waals surface area contributed by atoms with Gasteiger partial charge in [0, 0.05) is 45.3 Å². The minimum atomic E-state index is 0.0535. The van der Waals surface area contributed by atoms with Crippen LogP contribution in [0.2, 0.25) is 0 Å². The van der Waals surface area contributed by atoms with E-state index in [0.29, 0.717) is 31.1 Å². The Labute approximate surface area is 199 Å². The van der Waals surface area contributed by atoms with E-state index in [0.717, 1.165) is 24.7 Å². The number of piperidine rings is 1. The van der Waals surface area contributed by atoms with Gasteiger partial charge in [-0.05, 0) is 81.1 Å². The molecule has 0 spiro atoms. The molecule has 0 unspecified atom stereocenters. The van der Waals surface area contributed by atoms with Crippen LogP contribution in [0.3, 0.4) is 0 Å². The monoisotopic (exact) mass is 454 g/mol. The lowest BCUT2D eigenvalue weighted by atomic mass is 9.78. The van der Waals surface area contributed by atoms with Crippen molar-refractivity contribution in [2.45, 2.75) is 76.5 Å². The molecule has 2 fully saturated rings. The van der Waals surface area contributed by atoms with Gasteiger partial charge in [0.2, 0.25) is 5.91 Å². The number of fused-ring (bicyclic) bond motifs is 1. The lowest BCUT2D eigenvalue weighted by Gasteiger charge is -2.35. The zero-order chi connectivity index (χ0) is 23.2. The molecule has 2 aliphatic heterocycles. The van der Waals surface area contributed by atoms with Gasteiger partial charge in [-0.2, -0.15) is 0 Å². The summed E-state index contributed by atoms with van der Waals surface area (Å²) in [5.41, 5.74) is 3.01. The van der Waals surface area contributed by atoms with E-state index in [9.17, 15) is 9.59 Å². The van der Waals surface area contributed by atoms with Gasteiger partial charge in [-0.15, -0.1) is 0 Å². The van der Waals surface area contributed by atoms with E-state index in [1.165, 1.54) is 70.1 Å². The van der Waals surface area contributed by atoms with Gasteiger partial charge in [0.25, 0.3) is 0 Å². The van der Waals surface area contributed by atoms with Crippen molar-refractivity contribution in [2.24, 2.45) is 11.8 Å². The van der Waals surface area contributed by atoms with Gasteiger partial charge in [0.15, 0.2) is 0 Å². The maximum absolute atomic E-state index is 12.3. The Kier molecular flexibility index (Phi) is 8.45. The number of nitrogens with zero attached hydrogens (tertiary/aromatic N) is 2. The van der Waals surface area contributed by atoms with E-state index in [1.807, 2.05) is 0 Å². The van der Waals surface area contributed by atoms with E-state index >= 15 is 0 Å². The lowest BCUT2D eigenvalue weighted by molar-refractivity contribution is -0.131. The van der Waals surface area contributed by atoms with Crippen molar-refractivity contribution in [3.8, 4) is 5.75 Å². The molecule has 1 aliphatic carbocycles. The zero-order valence-corrected chi connectivity index (χ0v) is 20.7. The third kappa shape index (κ3) is 6.59. The van der Waals surface area contributed by atoms with Crippen molar-refractivity contribution in [2.75, 3.05) is 40.3 Å². The predicted octanol–water partition coefficient (Wildman–Crippen LogP) is 4.83. The number of amides is 1. The number of Topliss-reactive ketones (excluding diaryl/α,β-unsaturated/α-hetero) is 1. The Hall–Kier alpha value is -1.88. The standard InChI is InChI=1S/C28H42N2O3/c1-29(2)28(32)11-10-24(31)20-22-8-6-21(7-9-22)12-16-30-17-13-23(14-18-30)25-4-3-5-27-26(25)15-19-33-27/h3-5,21-23H,6-20H2,1-2H3. The smallest absolute Gasteiger partial charge is 0.222 e. The number of carbonyl (C=O) groups is 2. The number of carbonyl (C=O) groups excluding carboxylic acids is 2. The van der Waals surface area contributed by atoms with E-state index in [2.05, 4.69) is 23.1 Å². The molecule has 4 rings (SSSR count). The Morgan fingerprint density at radius 1 is 1.00 bits per heavy atom. The van der Waals surface area contributed by atoms with Gasteiger partial charge >= 0.3 is 0 Å². The van der Waals surface area contributed by atoms with Crippen molar-refractivity contribution < 1.29 is 14.3 Å². The van der Waals surface area contributed by atoms with Crippen molar-refractivity contribution >= 4 is 11.7 Å². The molecule has 0 N–H and O–H groups in total. The van der Waals surface area contributed by atoms with Gasteiger partial charge in [0.05, 0.1) is 6.61 Å². The molecule has 1 aromatic carbocycles. The van der Waals surface area contributed by atoms with Crippen LogP contribution < -0.4 is 4.74 Å². The number of rotatable bonds is 9. The average molecular weight is 455 g/mol. The van der Waals surface area contributed by atoms with E-state index in [1.54, 1.807) is 24.6 Å². The van der Waals surface area contributed by atoms with Gasteiger partial charge < -0.3 is 14.5 Å². The Bertz CT molecular complexity index is 805. The highest BCUT2D eigenvalue weighted by molar-refractivity contribution is 5.84. The van der Waals surface area contributed by atoms with Crippen molar-refractivity contribution in [1.82, 2.24) is 9.80 Å². The second-order valence-electron chi connectivity index (χ2n) is 10.7. The molecule has 5 nitrogen and oxygen atoms in total. The summed E-state index contributed by atoms with van der Waals surface area (Å²) in [4.78, 5) is 28.2. The second kappa shape index (κ2) is 11.5. The van der Waals surface area contributed by atoms with Crippen LogP contribution in [-0.2, 0) is 16.0 Å². The minimum Gasteiger partial charge on any atom is -0.493 e. The number of ether oxygens (including phenoxy) is 1. The van der Waals surface area contributed by atoms with Gasteiger partial charge in [-0.25, -0.2) is 0 Å². The summed E-state index contributed by atoms with van der Waals surface area (Å²) in [5, 5.41) is 0. The van der Waals surface area contributed by atoms with Crippen LogP contribution in [0.5, 0.6) is 5.75 Å². The first kappa shape index (κ1) is 24.3. The molecule has 2 heterocycles. The van der Waals surface area contributed by atoms with E-state index < -0.39 is 0 Å². The molecular formula is C28H42N2O3. The second-order valence-corrected chi connectivity index (χ2v) is 10.7. The van der Waals surface area contributed by atoms with Crippen LogP contribution in [0.15, 0.2) is 18.2 Å². The Balaban J connectivity index is 1.11. The third-order valence-electron chi connectivity index (χ3n) is 8.26.